The van der Waals surface area contributed by atoms with E-state index in [0.29, 0.717) is 5.56 Å². The van der Waals surface area contributed by atoms with Crippen molar-refractivity contribution in [1.82, 2.24) is 5.32 Å². The van der Waals surface area contributed by atoms with Crippen molar-refractivity contribution in [3.05, 3.63) is 95.1 Å². The van der Waals surface area contributed by atoms with Gasteiger partial charge in [0.1, 0.15) is 6.61 Å². The molecule has 0 aromatic heterocycles. The van der Waals surface area contributed by atoms with Gasteiger partial charge in [0.15, 0.2) is 11.6 Å². The van der Waals surface area contributed by atoms with Gasteiger partial charge in [0.2, 0.25) is 0 Å². The van der Waals surface area contributed by atoms with Crippen molar-refractivity contribution < 1.29 is 28.2 Å². The molecule has 0 bridgehead atoms. The SMILES string of the molecule is O=C([O-])C[C@@H](Cc1ccc(F)c(F)c1)NC(=O)OCC1c2ccccc2-c2ccccc21. The lowest BCUT2D eigenvalue weighted by molar-refractivity contribution is -0.306. The number of hydrogen-bond donors (Lipinski definition) is 1. The molecule has 1 N–H and O–H groups in total. The fourth-order valence-corrected chi connectivity index (χ4v) is 4.13. The Balaban J connectivity index is 1.43. The molecule has 7 heteroatoms. The van der Waals surface area contributed by atoms with E-state index in [0.717, 1.165) is 34.4 Å². The summed E-state index contributed by atoms with van der Waals surface area (Å²) in [6, 6.07) is 18.1. The van der Waals surface area contributed by atoms with Crippen molar-refractivity contribution in [2.75, 3.05) is 6.61 Å². The number of carbonyl (C=O) groups is 2. The molecule has 0 saturated carbocycles. The Morgan fingerprint density at radius 2 is 1.56 bits per heavy atom. The van der Waals surface area contributed by atoms with Crippen LogP contribution >= 0.6 is 0 Å². The molecule has 0 saturated heterocycles. The Morgan fingerprint density at radius 3 is 2.16 bits per heavy atom. The molecule has 0 spiro atoms. The van der Waals surface area contributed by atoms with Crippen LogP contribution in [0.1, 0.15) is 29.0 Å². The second-order valence-corrected chi connectivity index (χ2v) is 7.70. The highest BCUT2D eigenvalue weighted by Gasteiger charge is 2.29. The van der Waals surface area contributed by atoms with Crippen LogP contribution in [0.25, 0.3) is 11.1 Å². The maximum atomic E-state index is 13.5. The fraction of sp³-hybridized carbons (Fsp3) is 0.200. The van der Waals surface area contributed by atoms with Crippen LogP contribution in [0, 0.1) is 11.6 Å². The van der Waals surface area contributed by atoms with E-state index in [1.807, 2.05) is 48.5 Å². The molecule has 3 aromatic rings. The second kappa shape index (κ2) is 9.18. The molecule has 1 aliphatic rings. The number of hydrogen-bond acceptors (Lipinski definition) is 4. The zero-order valence-corrected chi connectivity index (χ0v) is 17.0. The highest BCUT2D eigenvalue weighted by atomic mass is 19.2. The minimum Gasteiger partial charge on any atom is -0.550 e. The monoisotopic (exact) mass is 436 g/mol. The van der Waals surface area contributed by atoms with E-state index < -0.39 is 36.2 Å². The van der Waals surface area contributed by atoms with E-state index in [2.05, 4.69) is 5.32 Å². The molecule has 3 aromatic carbocycles. The number of fused-ring (bicyclic) bond motifs is 3. The third kappa shape index (κ3) is 4.61. The summed E-state index contributed by atoms with van der Waals surface area (Å²) >= 11 is 0. The Labute approximate surface area is 183 Å². The predicted octanol–water partition coefficient (Wildman–Crippen LogP) is 3.55. The van der Waals surface area contributed by atoms with E-state index in [9.17, 15) is 23.5 Å². The van der Waals surface area contributed by atoms with Gasteiger partial charge in [0.05, 0.1) is 0 Å². The first-order chi connectivity index (χ1) is 15.4. The molecule has 164 valence electrons. The molecule has 4 rings (SSSR count). The summed E-state index contributed by atoms with van der Waals surface area (Å²) in [6.45, 7) is 0.0725. The zero-order valence-electron chi connectivity index (χ0n) is 17.0. The minimum absolute atomic E-state index is 0.0185. The molecular weight excluding hydrogens is 416 g/mol. The van der Waals surface area contributed by atoms with E-state index in [1.54, 1.807) is 0 Å². The summed E-state index contributed by atoms with van der Waals surface area (Å²) in [5.74, 6) is -3.57. The van der Waals surface area contributed by atoms with Crippen molar-refractivity contribution in [2.24, 2.45) is 0 Å². The number of amides is 1. The number of ether oxygens (including phenoxy) is 1. The first-order valence-electron chi connectivity index (χ1n) is 10.2. The van der Waals surface area contributed by atoms with Gasteiger partial charge in [-0.25, -0.2) is 13.6 Å². The maximum absolute atomic E-state index is 13.5. The second-order valence-electron chi connectivity index (χ2n) is 7.70. The topological polar surface area (TPSA) is 78.5 Å². The van der Waals surface area contributed by atoms with Gasteiger partial charge >= 0.3 is 6.09 Å². The molecule has 1 atom stereocenters. The molecule has 0 aliphatic heterocycles. The molecule has 0 radical (unpaired) electrons. The third-order valence-corrected chi connectivity index (χ3v) is 5.54. The summed E-state index contributed by atoms with van der Waals surface area (Å²) in [6.07, 6.45) is -1.31. The van der Waals surface area contributed by atoms with Crippen molar-refractivity contribution >= 4 is 12.1 Å². The smallest absolute Gasteiger partial charge is 0.407 e. The molecule has 0 unspecified atom stereocenters. The zero-order chi connectivity index (χ0) is 22.7. The van der Waals surface area contributed by atoms with Gasteiger partial charge in [0.25, 0.3) is 0 Å². The molecule has 5 nitrogen and oxygen atoms in total. The number of rotatable bonds is 7. The van der Waals surface area contributed by atoms with Gasteiger partial charge in [0, 0.05) is 24.3 Å². The van der Waals surface area contributed by atoms with Gasteiger partial charge < -0.3 is 20.0 Å². The Kier molecular flexibility index (Phi) is 6.16. The van der Waals surface area contributed by atoms with Crippen LogP contribution in [0.2, 0.25) is 0 Å². The number of carboxylic acid groups (broad SMARTS) is 1. The maximum Gasteiger partial charge on any atom is 0.407 e. The normalized spacial score (nSPS) is 13.2. The van der Waals surface area contributed by atoms with Crippen LogP contribution in [-0.2, 0) is 16.0 Å². The molecular formula is C25H20F2NO4-. The van der Waals surface area contributed by atoms with Crippen molar-refractivity contribution in [1.29, 1.82) is 0 Å². The lowest BCUT2D eigenvalue weighted by atomic mass is 9.98. The molecule has 1 amide bonds. The minimum atomic E-state index is -1.38. The summed E-state index contributed by atoms with van der Waals surface area (Å²) in [5.41, 5.74) is 4.62. The summed E-state index contributed by atoms with van der Waals surface area (Å²) in [4.78, 5) is 23.6. The first kappa shape index (κ1) is 21.5. The third-order valence-electron chi connectivity index (χ3n) is 5.54. The fourth-order valence-electron chi connectivity index (χ4n) is 4.13. The Morgan fingerprint density at radius 1 is 0.938 bits per heavy atom. The van der Waals surface area contributed by atoms with Crippen LogP contribution in [0.15, 0.2) is 66.7 Å². The van der Waals surface area contributed by atoms with Gasteiger partial charge in [-0.1, -0.05) is 54.6 Å². The van der Waals surface area contributed by atoms with E-state index in [1.165, 1.54) is 6.07 Å². The number of carbonyl (C=O) groups excluding carboxylic acids is 2. The van der Waals surface area contributed by atoms with Crippen LogP contribution in [0.3, 0.4) is 0 Å². The van der Waals surface area contributed by atoms with Crippen molar-refractivity contribution in [2.45, 2.75) is 24.8 Å². The summed E-state index contributed by atoms with van der Waals surface area (Å²) in [7, 11) is 0. The lowest BCUT2D eigenvalue weighted by Crippen LogP contribution is -2.41. The highest BCUT2D eigenvalue weighted by molar-refractivity contribution is 5.79. The van der Waals surface area contributed by atoms with Crippen molar-refractivity contribution in [3.63, 3.8) is 0 Å². The van der Waals surface area contributed by atoms with Gasteiger partial charge in [-0.3, -0.25) is 0 Å². The van der Waals surface area contributed by atoms with Crippen LogP contribution in [0.5, 0.6) is 0 Å². The number of alkyl carbamates (subject to hydrolysis) is 1. The highest BCUT2D eigenvalue weighted by Crippen LogP contribution is 2.44. The number of nitrogens with one attached hydrogen (secondary N) is 1. The van der Waals surface area contributed by atoms with Crippen molar-refractivity contribution in [3.8, 4) is 11.1 Å². The van der Waals surface area contributed by atoms with E-state index >= 15 is 0 Å². The number of aliphatic carboxylic acids is 1. The molecule has 32 heavy (non-hydrogen) atoms. The van der Waals surface area contributed by atoms with Gasteiger partial charge in [-0.2, -0.15) is 0 Å². The predicted molar refractivity (Wildman–Crippen MR) is 112 cm³/mol. The lowest BCUT2D eigenvalue weighted by Gasteiger charge is -2.20. The number of carboxylic acids is 1. The van der Waals surface area contributed by atoms with Gasteiger partial charge in [-0.05, 0) is 46.4 Å². The summed E-state index contributed by atoms with van der Waals surface area (Å²) < 4.78 is 32.1. The van der Waals surface area contributed by atoms with E-state index in [-0.39, 0.29) is 18.9 Å². The van der Waals surface area contributed by atoms with E-state index in [4.69, 9.17) is 4.74 Å². The Hall–Kier alpha value is -3.74. The first-order valence-corrected chi connectivity index (χ1v) is 10.2. The Bertz CT molecular complexity index is 1120. The number of halogens is 2. The molecule has 0 heterocycles. The number of benzene rings is 3. The standard InChI is InChI=1S/C25H21F2NO4/c26-22-10-9-15(12-23(22)27)11-16(13-24(29)30)28-25(31)32-14-21-19-7-3-1-5-17(19)18-6-2-4-8-20(18)21/h1-10,12,16,21H,11,13-14H2,(H,28,31)(H,29,30)/p-1/t16-/m1/s1. The van der Waals surface area contributed by atoms with Crippen LogP contribution < -0.4 is 10.4 Å². The summed E-state index contributed by atoms with van der Waals surface area (Å²) in [5, 5.41) is 13.6. The largest absolute Gasteiger partial charge is 0.550 e. The quantitative estimate of drug-likeness (QED) is 0.615. The molecule has 0 fully saturated rings. The average molecular weight is 436 g/mol. The van der Waals surface area contributed by atoms with Crippen LogP contribution in [0.4, 0.5) is 13.6 Å². The molecule has 1 aliphatic carbocycles. The average Bonchev–Trinajstić information content (AvgIpc) is 3.08. The van der Waals surface area contributed by atoms with Crippen LogP contribution in [-0.4, -0.2) is 24.7 Å². The van der Waals surface area contributed by atoms with Gasteiger partial charge in [-0.15, -0.1) is 0 Å².